The van der Waals surface area contributed by atoms with Crippen molar-refractivity contribution in [2.75, 3.05) is 6.61 Å². The van der Waals surface area contributed by atoms with E-state index in [0.717, 1.165) is 0 Å². The molecule has 4 nitrogen and oxygen atoms in total. The summed E-state index contributed by atoms with van der Waals surface area (Å²) in [4.78, 5) is 19.3. The molecule has 0 saturated carbocycles. The van der Waals surface area contributed by atoms with Crippen molar-refractivity contribution < 1.29 is 19.8 Å². The van der Waals surface area contributed by atoms with Crippen LogP contribution < -0.4 is 0 Å². The minimum Gasteiger partial charge on any atom is -0.397 e. The van der Waals surface area contributed by atoms with Crippen molar-refractivity contribution in [2.45, 2.75) is 61.0 Å². The lowest BCUT2D eigenvalue weighted by atomic mass is 10.4. The number of hydrogen-bond donors (Lipinski definition) is 2. The molecule has 0 saturated heterocycles. The fraction of sp³-hybridized carbons (Fsp3) is 0.833. The Morgan fingerprint density at radius 1 is 1.06 bits per heavy atom. The number of ketones is 2. The standard InChI is InChI=1S/C4H8O.C3H8O.C3H6O.C2H6O/c1-3-4(2)5;2*1-3(2)4;1-2-3/h3H2,1-2H3;3-4H,1-2H3;1-2H3;3H,2H2,1H3. The van der Waals surface area contributed by atoms with Gasteiger partial charge in [0.05, 0.1) is 0 Å². The molecule has 100 valence electrons. The Morgan fingerprint density at radius 3 is 1.12 bits per heavy atom. The van der Waals surface area contributed by atoms with Crippen molar-refractivity contribution in [3.05, 3.63) is 0 Å². The van der Waals surface area contributed by atoms with Crippen LogP contribution >= 0.6 is 0 Å². The highest BCUT2D eigenvalue weighted by atomic mass is 16.3. The molecule has 0 aliphatic rings. The maximum absolute atomic E-state index is 9.81. The van der Waals surface area contributed by atoms with Crippen LogP contribution in [0.4, 0.5) is 0 Å². The molecule has 0 fully saturated rings. The van der Waals surface area contributed by atoms with E-state index >= 15 is 0 Å². The van der Waals surface area contributed by atoms with Crippen LogP contribution in [0.5, 0.6) is 0 Å². The number of aliphatic hydroxyl groups is 2. The van der Waals surface area contributed by atoms with Gasteiger partial charge in [0.1, 0.15) is 11.6 Å². The van der Waals surface area contributed by atoms with Gasteiger partial charge in [0.25, 0.3) is 0 Å². The highest BCUT2D eigenvalue weighted by molar-refractivity contribution is 5.74. The van der Waals surface area contributed by atoms with Gasteiger partial charge < -0.3 is 19.8 Å². The Labute approximate surface area is 99.7 Å². The Morgan fingerprint density at radius 2 is 1.12 bits per heavy atom. The van der Waals surface area contributed by atoms with Gasteiger partial charge in [-0.05, 0) is 41.5 Å². The summed E-state index contributed by atoms with van der Waals surface area (Å²) in [7, 11) is 0. The van der Waals surface area contributed by atoms with Gasteiger partial charge in [0.15, 0.2) is 0 Å². The number of rotatable bonds is 1. The molecule has 0 amide bonds. The maximum atomic E-state index is 9.81. The van der Waals surface area contributed by atoms with Crippen molar-refractivity contribution in [3.63, 3.8) is 0 Å². The maximum Gasteiger partial charge on any atom is 0.129 e. The molecule has 0 atom stereocenters. The van der Waals surface area contributed by atoms with Crippen LogP contribution in [0.2, 0.25) is 0 Å². The monoisotopic (exact) mass is 236 g/mol. The topological polar surface area (TPSA) is 74.6 Å². The highest BCUT2D eigenvalue weighted by Gasteiger charge is 1.76. The summed E-state index contributed by atoms with van der Waals surface area (Å²) >= 11 is 0. The molecule has 2 N–H and O–H groups in total. The van der Waals surface area contributed by atoms with E-state index in [1.807, 2.05) is 6.92 Å². The second-order valence-corrected chi connectivity index (χ2v) is 3.37. The zero-order valence-corrected chi connectivity index (χ0v) is 11.7. The van der Waals surface area contributed by atoms with Gasteiger partial charge >= 0.3 is 0 Å². The minimum atomic E-state index is -0.167. The first-order valence-corrected chi connectivity index (χ1v) is 5.41. The summed E-state index contributed by atoms with van der Waals surface area (Å²) < 4.78 is 0. The summed E-state index contributed by atoms with van der Waals surface area (Å²) in [6.07, 6.45) is 0.500. The summed E-state index contributed by atoms with van der Waals surface area (Å²) in [5.41, 5.74) is 0. The predicted molar refractivity (Wildman–Crippen MR) is 67.4 cm³/mol. The number of carbonyl (C=O) groups is 2. The van der Waals surface area contributed by atoms with Gasteiger partial charge in [-0.25, -0.2) is 0 Å². The van der Waals surface area contributed by atoms with Gasteiger partial charge in [-0.2, -0.15) is 0 Å². The predicted octanol–water partition coefficient (Wildman–Crippen LogP) is 1.97. The molecule has 0 radical (unpaired) electrons. The quantitative estimate of drug-likeness (QED) is 0.730. The van der Waals surface area contributed by atoms with Gasteiger partial charge in [0, 0.05) is 19.1 Å². The number of aliphatic hydroxyl groups excluding tert-OH is 2. The van der Waals surface area contributed by atoms with Crippen molar-refractivity contribution in [3.8, 4) is 0 Å². The van der Waals surface area contributed by atoms with Crippen LogP contribution in [0, 0.1) is 0 Å². The van der Waals surface area contributed by atoms with E-state index in [1.165, 1.54) is 13.8 Å². The third-order valence-corrected chi connectivity index (χ3v) is 0.498. The molecule has 0 aromatic rings. The first-order valence-electron chi connectivity index (χ1n) is 5.41. The Bertz CT molecular complexity index is 135. The average Bonchev–Trinajstić information content (AvgIpc) is 2.03. The van der Waals surface area contributed by atoms with E-state index in [0.29, 0.717) is 6.42 Å². The van der Waals surface area contributed by atoms with E-state index in [4.69, 9.17) is 10.2 Å². The van der Waals surface area contributed by atoms with E-state index < -0.39 is 0 Å². The second-order valence-electron chi connectivity index (χ2n) is 3.37. The SMILES string of the molecule is CC(C)=O.CC(C)O.CCC(C)=O.CCO. The summed E-state index contributed by atoms with van der Waals surface area (Å²) in [6.45, 7) is 11.9. The van der Waals surface area contributed by atoms with Gasteiger partial charge in [-0.1, -0.05) is 6.92 Å². The van der Waals surface area contributed by atoms with E-state index in [2.05, 4.69) is 0 Å². The van der Waals surface area contributed by atoms with Crippen molar-refractivity contribution in [1.29, 1.82) is 0 Å². The van der Waals surface area contributed by atoms with Crippen molar-refractivity contribution in [2.24, 2.45) is 0 Å². The Balaban J connectivity index is -0.0000000610. The lowest BCUT2D eigenvalue weighted by Crippen LogP contribution is -1.85. The van der Waals surface area contributed by atoms with Crippen LogP contribution in [-0.2, 0) is 9.59 Å². The largest absolute Gasteiger partial charge is 0.397 e. The molecule has 0 aliphatic carbocycles. The zero-order valence-electron chi connectivity index (χ0n) is 11.7. The molecule has 0 bridgehead atoms. The third kappa shape index (κ3) is 1260. The molecule has 16 heavy (non-hydrogen) atoms. The van der Waals surface area contributed by atoms with E-state index in [-0.39, 0.29) is 24.3 Å². The average molecular weight is 236 g/mol. The molecule has 0 aliphatic heterocycles. The number of hydrogen-bond acceptors (Lipinski definition) is 4. The van der Waals surface area contributed by atoms with Gasteiger partial charge in [0.2, 0.25) is 0 Å². The number of carbonyl (C=O) groups excluding carboxylic acids is 2. The van der Waals surface area contributed by atoms with Gasteiger partial charge in [-0.3, -0.25) is 0 Å². The van der Waals surface area contributed by atoms with Crippen LogP contribution in [0.15, 0.2) is 0 Å². The lowest BCUT2D eigenvalue weighted by molar-refractivity contribution is -0.117. The van der Waals surface area contributed by atoms with E-state index in [9.17, 15) is 9.59 Å². The molecule has 0 spiro atoms. The minimum absolute atomic E-state index is 0.167. The fourth-order valence-corrected chi connectivity index (χ4v) is 0. The van der Waals surface area contributed by atoms with Crippen LogP contribution in [0.3, 0.4) is 0 Å². The van der Waals surface area contributed by atoms with Crippen molar-refractivity contribution >= 4 is 11.6 Å². The summed E-state index contributed by atoms with van der Waals surface area (Å²) in [5, 5.41) is 15.6. The number of Topliss-reactive ketones (excluding diaryl/α,β-unsaturated/α-hetero) is 2. The molecular formula is C12H28O4. The molecule has 0 aromatic heterocycles. The Kier molecular flexibility index (Phi) is 36.4. The second kappa shape index (κ2) is 23.8. The van der Waals surface area contributed by atoms with Gasteiger partial charge in [-0.15, -0.1) is 0 Å². The lowest BCUT2D eigenvalue weighted by Gasteiger charge is -1.80. The van der Waals surface area contributed by atoms with E-state index in [1.54, 1.807) is 27.7 Å². The zero-order chi connectivity index (χ0) is 14.1. The fourth-order valence-electron chi connectivity index (χ4n) is 0. The van der Waals surface area contributed by atoms with Crippen LogP contribution in [0.25, 0.3) is 0 Å². The molecule has 0 heterocycles. The highest BCUT2D eigenvalue weighted by Crippen LogP contribution is 1.71. The molecule has 0 aromatic carbocycles. The van der Waals surface area contributed by atoms with Crippen molar-refractivity contribution in [1.82, 2.24) is 0 Å². The summed E-state index contributed by atoms with van der Waals surface area (Å²) in [5.74, 6) is 0.421. The molecular weight excluding hydrogens is 208 g/mol. The van der Waals surface area contributed by atoms with Crippen LogP contribution in [0.1, 0.15) is 54.9 Å². The Hall–Kier alpha value is -0.740. The molecule has 0 rings (SSSR count). The molecule has 4 heteroatoms. The third-order valence-electron chi connectivity index (χ3n) is 0.498. The first kappa shape index (κ1) is 24.5. The molecule has 0 unspecified atom stereocenters. The van der Waals surface area contributed by atoms with Crippen LogP contribution in [-0.4, -0.2) is 34.5 Å². The summed E-state index contributed by atoms with van der Waals surface area (Å²) in [6, 6.07) is 0. The normalized spacial score (nSPS) is 7.38. The first-order chi connectivity index (χ1) is 7.15. The smallest absolute Gasteiger partial charge is 0.129 e.